The van der Waals surface area contributed by atoms with Crippen LogP contribution in [0.4, 0.5) is 0 Å². The lowest BCUT2D eigenvalue weighted by atomic mass is 10.0. The topological polar surface area (TPSA) is 134 Å². The zero-order valence-electron chi connectivity index (χ0n) is 11.9. The van der Waals surface area contributed by atoms with Crippen LogP contribution in [-0.4, -0.2) is 19.6 Å². The Labute approximate surface area is 135 Å². The van der Waals surface area contributed by atoms with Crippen molar-refractivity contribution in [2.75, 3.05) is 0 Å². The quantitative estimate of drug-likeness (QED) is 0.407. The minimum Gasteiger partial charge on any atom is -0.403 e. The Morgan fingerprint density at radius 3 is 1.04 bits per heavy atom. The predicted octanol–water partition coefficient (Wildman–Crippen LogP) is 2.94. The van der Waals surface area contributed by atoms with E-state index in [0.29, 0.717) is 0 Å². The average Bonchev–Trinajstić information content (AvgIpc) is 2.48. The molecule has 0 amide bonds. The number of rotatable bonds is 4. The fourth-order valence-corrected chi connectivity index (χ4v) is 3.35. The molecule has 0 aromatic heterocycles. The van der Waals surface area contributed by atoms with E-state index in [1.165, 1.54) is 24.3 Å². The third-order valence-corrected chi connectivity index (χ3v) is 4.09. The number of phosphoric ester groups is 2. The highest BCUT2D eigenvalue weighted by Crippen LogP contribution is 2.51. The SMILES string of the molecule is O=P(O)(O)Oc1c2ccccc2c(OP(=O)(O)O)c2ccccc12. The van der Waals surface area contributed by atoms with Crippen molar-refractivity contribution >= 4 is 37.2 Å². The van der Waals surface area contributed by atoms with Gasteiger partial charge in [-0.25, -0.2) is 9.13 Å². The third-order valence-electron chi connectivity index (χ3n) is 3.25. The van der Waals surface area contributed by atoms with Crippen molar-refractivity contribution in [3.05, 3.63) is 48.5 Å². The lowest BCUT2D eigenvalue weighted by Crippen LogP contribution is -1.97. The maximum atomic E-state index is 11.3. The van der Waals surface area contributed by atoms with Gasteiger partial charge in [0.25, 0.3) is 0 Å². The molecule has 0 aliphatic carbocycles. The molecule has 3 aromatic rings. The van der Waals surface area contributed by atoms with Crippen LogP contribution in [0.5, 0.6) is 11.5 Å². The molecule has 0 spiro atoms. The summed E-state index contributed by atoms with van der Waals surface area (Å²) < 4.78 is 32.3. The number of benzene rings is 3. The largest absolute Gasteiger partial charge is 0.524 e. The van der Waals surface area contributed by atoms with Crippen LogP contribution in [0.2, 0.25) is 0 Å². The average molecular weight is 370 g/mol. The number of phosphoric acid groups is 2. The summed E-state index contributed by atoms with van der Waals surface area (Å²) in [7, 11) is -9.69. The molecule has 0 saturated heterocycles. The van der Waals surface area contributed by atoms with E-state index >= 15 is 0 Å². The standard InChI is InChI=1S/C14H12O8P2/c15-23(16,17)21-13-9-5-1-2-6-10(9)14(22-24(18,19)20)12-8-4-3-7-11(12)13/h1-8H,(H2,15,16,17)(H2,18,19,20). The second kappa shape index (κ2) is 5.86. The third kappa shape index (κ3) is 3.44. The summed E-state index contributed by atoms with van der Waals surface area (Å²) in [6, 6.07) is 12.5. The van der Waals surface area contributed by atoms with Crippen LogP contribution in [0.25, 0.3) is 21.5 Å². The van der Waals surface area contributed by atoms with Crippen LogP contribution >= 0.6 is 15.6 Å². The van der Waals surface area contributed by atoms with E-state index < -0.39 is 15.6 Å². The summed E-state index contributed by atoms with van der Waals surface area (Å²) in [6.45, 7) is 0. The molecule has 0 heterocycles. The zero-order chi connectivity index (χ0) is 17.5. The maximum absolute atomic E-state index is 11.3. The van der Waals surface area contributed by atoms with E-state index in [9.17, 15) is 28.7 Å². The highest BCUT2D eigenvalue weighted by molar-refractivity contribution is 7.47. The second-order valence-electron chi connectivity index (χ2n) is 4.91. The first-order valence-corrected chi connectivity index (χ1v) is 9.65. The van der Waals surface area contributed by atoms with E-state index in [-0.39, 0.29) is 33.0 Å². The summed E-state index contributed by atoms with van der Waals surface area (Å²) in [5.41, 5.74) is 0. The summed E-state index contributed by atoms with van der Waals surface area (Å²) in [5, 5.41) is 1.01. The van der Waals surface area contributed by atoms with Gasteiger partial charge in [-0.1, -0.05) is 48.5 Å². The normalized spacial score (nSPS) is 12.5. The van der Waals surface area contributed by atoms with Gasteiger partial charge in [-0.15, -0.1) is 0 Å². The zero-order valence-corrected chi connectivity index (χ0v) is 13.7. The predicted molar refractivity (Wildman–Crippen MR) is 86.8 cm³/mol. The Bertz CT molecular complexity index is 881. The van der Waals surface area contributed by atoms with Gasteiger partial charge < -0.3 is 9.05 Å². The van der Waals surface area contributed by atoms with Crippen molar-refractivity contribution in [1.29, 1.82) is 0 Å². The highest BCUT2D eigenvalue weighted by atomic mass is 31.2. The smallest absolute Gasteiger partial charge is 0.403 e. The lowest BCUT2D eigenvalue weighted by Gasteiger charge is -2.17. The Hall–Kier alpha value is -1.92. The van der Waals surface area contributed by atoms with Crippen molar-refractivity contribution in [2.45, 2.75) is 0 Å². The van der Waals surface area contributed by atoms with Crippen molar-refractivity contribution in [2.24, 2.45) is 0 Å². The van der Waals surface area contributed by atoms with Crippen LogP contribution in [-0.2, 0) is 9.13 Å². The van der Waals surface area contributed by atoms with E-state index in [1.54, 1.807) is 24.3 Å². The molecule has 0 unspecified atom stereocenters. The van der Waals surface area contributed by atoms with Crippen LogP contribution in [0.15, 0.2) is 48.5 Å². The van der Waals surface area contributed by atoms with Gasteiger partial charge in [0.1, 0.15) is 11.5 Å². The molecule has 0 bridgehead atoms. The van der Waals surface area contributed by atoms with E-state index in [0.717, 1.165) is 0 Å². The Morgan fingerprint density at radius 2 is 0.833 bits per heavy atom. The number of fused-ring (bicyclic) bond motifs is 2. The molecule has 126 valence electrons. The molecular weight excluding hydrogens is 358 g/mol. The summed E-state index contributed by atoms with van der Waals surface area (Å²) in [4.78, 5) is 36.7. The molecule has 3 rings (SSSR count). The minimum absolute atomic E-state index is 0.0902. The molecule has 0 atom stereocenters. The Morgan fingerprint density at radius 1 is 0.583 bits per heavy atom. The first-order valence-electron chi connectivity index (χ1n) is 6.59. The fraction of sp³-hybridized carbons (Fsp3) is 0. The van der Waals surface area contributed by atoms with E-state index in [1.807, 2.05) is 0 Å². The minimum atomic E-state index is -4.85. The molecule has 10 heteroatoms. The lowest BCUT2D eigenvalue weighted by molar-refractivity contribution is 0.281. The van der Waals surface area contributed by atoms with Crippen LogP contribution in [0.3, 0.4) is 0 Å². The van der Waals surface area contributed by atoms with Crippen molar-refractivity contribution in [3.8, 4) is 11.5 Å². The van der Waals surface area contributed by atoms with Gasteiger partial charge in [0.2, 0.25) is 0 Å². The van der Waals surface area contributed by atoms with Gasteiger partial charge in [-0.05, 0) is 0 Å². The molecule has 24 heavy (non-hydrogen) atoms. The molecule has 0 radical (unpaired) electrons. The maximum Gasteiger partial charge on any atom is 0.524 e. The molecular formula is C14H12O8P2. The first-order chi connectivity index (χ1) is 11.2. The van der Waals surface area contributed by atoms with Crippen LogP contribution in [0, 0.1) is 0 Å². The summed E-state index contributed by atoms with van der Waals surface area (Å²) in [6.07, 6.45) is 0. The number of hydrogen-bond acceptors (Lipinski definition) is 4. The van der Waals surface area contributed by atoms with Crippen LogP contribution < -0.4 is 9.05 Å². The molecule has 0 aliphatic heterocycles. The first kappa shape index (κ1) is 16.9. The van der Waals surface area contributed by atoms with Crippen molar-refractivity contribution in [3.63, 3.8) is 0 Å². The summed E-state index contributed by atoms with van der Waals surface area (Å²) >= 11 is 0. The van der Waals surface area contributed by atoms with E-state index in [4.69, 9.17) is 9.05 Å². The molecule has 8 nitrogen and oxygen atoms in total. The second-order valence-corrected chi connectivity index (χ2v) is 7.24. The fourth-order valence-electron chi connectivity index (χ4n) is 2.48. The van der Waals surface area contributed by atoms with E-state index in [2.05, 4.69) is 0 Å². The summed E-state index contributed by atoms with van der Waals surface area (Å²) in [5.74, 6) is -0.180. The Balaban J connectivity index is 2.46. The van der Waals surface area contributed by atoms with Gasteiger partial charge in [-0.3, -0.25) is 19.6 Å². The van der Waals surface area contributed by atoms with Gasteiger partial charge in [-0.2, -0.15) is 0 Å². The number of hydrogen-bond donors (Lipinski definition) is 4. The van der Waals surface area contributed by atoms with Gasteiger partial charge in [0.05, 0.1) is 0 Å². The monoisotopic (exact) mass is 370 g/mol. The van der Waals surface area contributed by atoms with Crippen molar-refractivity contribution in [1.82, 2.24) is 0 Å². The molecule has 0 saturated carbocycles. The molecule has 4 N–H and O–H groups in total. The highest BCUT2D eigenvalue weighted by Gasteiger charge is 2.25. The molecule has 0 aliphatic rings. The van der Waals surface area contributed by atoms with Crippen LogP contribution in [0.1, 0.15) is 0 Å². The van der Waals surface area contributed by atoms with Gasteiger partial charge >= 0.3 is 15.6 Å². The molecule has 3 aromatic carbocycles. The molecule has 0 fully saturated rings. The van der Waals surface area contributed by atoms with Crippen molar-refractivity contribution < 1.29 is 37.8 Å². The van der Waals surface area contributed by atoms with Gasteiger partial charge in [0, 0.05) is 21.5 Å². The van der Waals surface area contributed by atoms with Gasteiger partial charge in [0.15, 0.2) is 0 Å². The Kier molecular flexibility index (Phi) is 4.13.